The lowest BCUT2D eigenvalue weighted by Crippen LogP contribution is -2.42. The molecule has 1 atom stereocenters. The predicted molar refractivity (Wildman–Crippen MR) is 55.9 cm³/mol. The average Bonchev–Trinajstić information content (AvgIpc) is 2.10. The van der Waals surface area contributed by atoms with Gasteiger partial charge in [0.05, 0.1) is 6.54 Å². The van der Waals surface area contributed by atoms with Gasteiger partial charge in [-0.15, -0.1) is 0 Å². The van der Waals surface area contributed by atoms with Crippen LogP contribution in [0, 0.1) is 5.41 Å². The molecule has 0 bridgehead atoms. The van der Waals surface area contributed by atoms with Crippen molar-refractivity contribution in [2.75, 3.05) is 13.1 Å². The Labute approximate surface area is 93.6 Å². The van der Waals surface area contributed by atoms with E-state index in [-0.39, 0.29) is 18.0 Å². The summed E-state index contributed by atoms with van der Waals surface area (Å²) in [6.45, 7) is 5.00. The van der Waals surface area contributed by atoms with Crippen molar-refractivity contribution < 1.29 is 17.6 Å². The molecule has 0 radical (unpaired) electrons. The minimum atomic E-state index is -3.97. The highest BCUT2D eigenvalue weighted by Gasteiger charge is 2.39. The van der Waals surface area contributed by atoms with Gasteiger partial charge in [0.15, 0.2) is 0 Å². The number of nitrogens with two attached hydrogens (primary N) is 1. The van der Waals surface area contributed by atoms with Gasteiger partial charge in [-0.1, -0.05) is 20.8 Å². The fourth-order valence-corrected chi connectivity index (χ4v) is 1.02. The number of alkyl halides is 4. The third-order valence-corrected chi connectivity index (χ3v) is 2.42. The van der Waals surface area contributed by atoms with Gasteiger partial charge in [-0.2, -0.15) is 8.78 Å². The number of rotatable bonds is 6. The quantitative estimate of drug-likeness (QED) is 0.555. The third-order valence-electron chi connectivity index (χ3n) is 2.42. The molecule has 0 saturated carbocycles. The summed E-state index contributed by atoms with van der Waals surface area (Å²) in [5.74, 6) is -3.97. The highest BCUT2D eigenvalue weighted by atomic mass is 19.3. The molecular weight excluding hydrogens is 224 g/mol. The van der Waals surface area contributed by atoms with Crippen LogP contribution in [0.2, 0.25) is 0 Å². The first kappa shape index (κ1) is 15.6. The van der Waals surface area contributed by atoms with E-state index in [1.807, 2.05) is 20.8 Å². The van der Waals surface area contributed by atoms with E-state index in [1.165, 1.54) is 0 Å². The predicted octanol–water partition coefficient (Wildman–Crippen LogP) is 2.24. The molecule has 2 nitrogen and oxygen atoms in total. The molecule has 0 spiro atoms. The van der Waals surface area contributed by atoms with Crippen LogP contribution in [0.5, 0.6) is 0 Å². The molecule has 0 aromatic heterocycles. The van der Waals surface area contributed by atoms with Crippen LogP contribution in [-0.4, -0.2) is 31.5 Å². The maximum absolute atomic E-state index is 12.5. The van der Waals surface area contributed by atoms with E-state index in [4.69, 9.17) is 5.73 Å². The summed E-state index contributed by atoms with van der Waals surface area (Å²) in [6.07, 6.45) is -3.15. The Kier molecular flexibility index (Phi) is 5.69. The lowest BCUT2D eigenvalue weighted by atomic mass is 9.85. The Morgan fingerprint density at radius 2 is 1.69 bits per heavy atom. The Balaban J connectivity index is 3.77. The third kappa shape index (κ3) is 5.65. The van der Waals surface area contributed by atoms with Gasteiger partial charge in [0.1, 0.15) is 0 Å². The standard InChI is InChI=1S/C10H20F4N2/c1-9(2,3)7(15)4-5-16-6-10(13,14)8(11)12/h7-8,16H,4-6,15H2,1-3H3. The van der Waals surface area contributed by atoms with Crippen molar-refractivity contribution in [1.82, 2.24) is 5.32 Å². The monoisotopic (exact) mass is 244 g/mol. The number of halogens is 4. The minimum Gasteiger partial charge on any atom is -0.327 e. The van der Waals surface area contributed by atoms with Crippen LogP contribution in [0.15, 0.2) is 0 Å². The number of hydrogen-bond acceptors (Lipinski definition) is 2. The molecule has 0 aromatic rings. The van der Waals surface area contributed by atoms with Crippen LogP contribution < -0.4 is 11.1 Å². The van der Waals surface area contributed by atoms with E-state index in [9.17, 15) is 17.6 Å². The zero-order valence-corrected chi connectivity index (χ0v) is 9.87. The molecule has 0 aromatic carbocycles. The molecule has 3 N–H and O–H groups in total. The normalized spacial score (nSPS) is 15.6. The van der Waals surface area contributed by atoms with E-state index >= 15 is 0 Å². The highest BCUT2D eigenvalue weighted by Crippen LogP contribution is 2.22. The van der Waals surface area contributed by atoms with Gasteiger partial charge in [0, 0.05) is 6.04 Å². The Morgan fingerprint density at radius 1 is 1.19 bits per heavy atom. The molecular formula is C10H20F4N2. The van der Waals surface area contributed by atoms with Gasteiger partial charge in [0.2, 0.25) is 0 Å². The summed E-state index contributed by atoms with van der Waals surface area (Å²) in [5.41, 5.74) is 5.67. The van der Waals surface area contributed by atoms with Gasteiger partial charge in [-0.25, -0.2) is 8.78 Å². The topological polar surface area (TPSA) is 38.0 Å². The van der Waals surface area contributed by atoms with E-state index in [1.54, 1.807) is 0 Å². The Morgan fingerprint density at radius 3 is 2.06 bits per heavy atom. The van der Waals surface area contributed by atoms with Gasteiger partial charge in [-0.3, -0.25) is 0 Å². The molecule has 98 valence electrons. The van der Waals surface area contributed by atoms with Crippen molar-refractivity contribution in [3.8, 4) is 0 Å². The largest absolute Gasteiger partial charge is 0.327 e. The second-order valence-corrected chi connectivity index (χ2v) is 5.00. The van der Waals surface area contributed by atoms with E-state index in [2.05, 4.69) is 5.32 Å². The fourth-order valence-electron chi connectivity index (χ4n) is 1.02. The van der Waals surface area contributed by atoms with E-state index < -0.39 is 18.9 Å². The first-order chi connectivity index (χ1) is 7.07. The molecule has 0 aliphatic rings. The van der Waals surface area contributed by atoms with Crippen molar-refractivity contribution in [1.29, 1.82) is 0 Å². The first-order valence-electron chi connectivity index (χ1n) is 5.19. The van der Waals surface area contributed by atoms with Crippen LogP contribution in [0.25, 0.3) is 0 Å². The summed E-state index contributed by atoms with van der Waals surface area (Å²) in [5, 5.41) is 2.30. The SMILES string of the molecule is CC(C)(C)C(N)CCNCC(F)(F)C(F)F. The first-order valence-corrected chi connectivity index (χ1v) is 5.19. The molecule has 0 rings (SSSR count). The molecule has 0 saturated heterocycles. The summed E-state index contributed by atoms with van der Waals surface area (Å²) in [7, 11) is 0. The van der Waals surface area contributed by atoms with Crippen LogP contribution in [-0.2, 0) is 0 Å². The van der Waals surface area contributed by atoms with Gasteiger partial charge >= 0.3 is 12.3 Å². The molecule has 16 heavy (non-hydrogen) atoms. The van der Waals surface area contributed by atoms with E-state index in [0.29, 0.717) is 6.42 Å². The zero-order chi connectivity index (χ0) is 13.0. The maximum atomic E-state index is 12.5. The lowest BCUT2D eigenvalue weighted by Gasteiger charge is -2.27. The van der Waals surface area contributed by atoms with Crippen molar-refractivity contribution in [2.24, 2.45) is 11.1 Å². The van der Waals surface area contributed by atoms with Crippen LogP contribution in [0.1, 0.15) is 27.2 Å². The average molecular weight is 244 g/mol. The molecule has 0 heterocycles. The van der Waals surface area contributed by atoms with Crippen LogP contribution in [0.3, 0.4) is 0 Å². The van der Waals surface area contributed by atoms with Crippen molar-refractivity contribution in [3.63, 3.8) is 0 Å². The highest BCUT2D eigenvalue weighted by molar-refractivity contribution is 4.78. The number of nitrogens with one attached hydrogen (secondary N) is 1. The second-order valence-electron chi connectivity index (χ2n) is 5.00. The second kappa shape index (κ2) is 5.82. The lowest BCUT2D eigenvalue weighted by molar-refractivity contribution is -0.125. The van der Waals surface area contributed by atoms with Crippen molar-refractivity contribution in [2.45, 2.75) is 45.6 Å². The van der Waals surface area contributed by atoms with Crippen LogP contribution in [0.4, 0.5) is 17.6 Å². The van der Waals surface area contributed by atoms with Gasteiger partial charge < -0.3 is 11.1 Å². The fraction of sp³-hybridized carbons (Fsp3) is 1.00. The Hall–Kier alpha value is -0.360. The molecule has 0 amide bonds. The molecule has 0 aliphatic carbocycles. The number of hydrogen-bond donors (Lipinski definition) is 2. The zero-order valence-electron chi connectivity index (χ0n) is 9.87. The summed E-state index contributed by atoms with van der Waals surface area (Å²) >= 11 is 0. The van der Waals surface area contributed by atoms with Crippen molar-refractivity contribution >= 4 is 0 Å². The van der Waals surface area contributed by atoms with E-state index in [0.717, 1.165) is 0 Å². The molecule has 1 unspecified atom stereocenters. The molecule has 0 fully saturated rings. The summed E-state index contributed by atoms with van der Waals surface area (Å²) in [4.78, 5) is 0. The van der Waals surface area contributed by atoms with Crippen molar-refractivity contribution in [3.05, 3.63) is 0 Å². The molecule has 0 aliphatic heterocycles. The smallest absolute Gasteiger partial charge is 0.319 e. The summed E-state index contributed by atoms with van der Waals surface area (Å²) < 4.78 is 48.5. The van der Waals surface area contributed by atoms with Crippen LogP contribution >= 0.6 is 0 Å². The molecule has 6 heteroatoms. The maximum Gasteiger partial charge on any atom is 0.319 e. The van der Waals surface area contributed by atoms with Gasteiger partial charge in [0.25, 0.3) is 0 Å². The summed E-state index contributed by atoms with van der Waals surface area (Å²) in [6, 6.07) is -0.153. The minimum absolute atomic E-state index is 0.118. The van der Waals surface area contributed by atoms with Gasteiger partial charge in [-0.05, 0) is 18.4 Å². The Bertz CT molecular complexity index is 201.